The summed E-state index contributed by atoms with van der Waals surface area (Å²) >= 11 is 1.45. The summed E-state index contributed by atoms with van der Waals surface area (Å²) in [5, 5.41) is 10.8. The van der Waals surface area contributed by atoms with Crippen LogP contribution in [0.2, 0.25) is 0 Å². The maximum Gasteiger partial charge on any atom is 0.305 e. The third-order valence-corrected chi connectivity index (χ3v) is 2.79. The van der Waals surface area contributed by atoms with E-state index in [1.807, 2.05) is 20.8 Å². The van der Waals surface area contributed by atoms with Crippen molar-refractivity contribution in [1.82, 2.24) is 0 Å². The van der Waals surface area contributed by atoms with Crippen LogP contribution in [-0.2, 0) is 0 Å². The summed E-state index contributed by atoms with van der Waals surface area (Å²) in [4.78, 5) is 11.0. The zero-order chi connectivity index (χ0) is 11.6. The number of nitrogen functional groups attached to an aromatic ring is 1. The second-order valence-electron chi connectivity index (χ2n) is 4.17. The van der Waals surface area contributed by atoms with E-state index in [0.29, 0.717) is 4.90 Å². The van der Waals surface area contributed by atoms with Crippen LogP contribution in [0, 0.1) is 10.1 Å². The average molecular weight is 226 g/mol. The first kappa shape index (κ1) is 11.8. The summed E-state index contributed by atoms with van der Waals surface area (Å²) in [5.74, 6) is 0. The number of nitrogens with two attached hydrogens (primary N) is 1. The van der Waals surface area contributed by atoms with Gasteiger partial charge in [-0.2, -0.15) is 0 Å². The summed E-state index contributed by atoms with van der Waals surface area (Å²) < 4.78 is -0.0709. The Balaban J connectivity index is 3.18. The van der Waals surface area contributed by atoms with Crippen LogP contribution in [0.4, 0.5) is 11.4 Å². The van der Waals surface area contributed by atoms with Gasteiger partial charge in [0.05, 0.1) is 9.82 Å². The summed E-state index contributed by atoms with van der Waals surface area (Å²) in [6, 6.07) is 5.01. The molecule has 0 aromatic heterocycles. The Morgan fingerprint density at radius 1 is 1.40 bits per heavy atom. The second kappa shape index (κ2) is 4.10. The van der Waals surface area contributed by atoms with Crippen LogP contribution >= 0.6 is 11.8 Å². The minimum Gasteiger partial charge on any atom is -0.393 e. The molecule has 1 aromatic rings. The summed E-state index contributed by atoms with van der Waals surface area (Å²) in [5.41, 5.74) is 5.81. The van der Waals surface area contributed by atoms with E-state index in [1.165, 1.54) is 11.8 Å². The fourth-order valence-electron chi connectivity index (χ4n) is 1.15. The molecular weight excluding hydrogens is 212 g/mol. The maximum atomic E-state index is 10.8. The van der Waals surface area contributed by atoms with Gasteiger partial charge in [-0.25, -0.2) is 0 Å². The van der Waals surface area contributed by atoms with Gasteiger partial charge in [-0.1, -0.05) is 26.8 Å². The first-order valence-electron chi connectivity index (χ1n) is 4.53. The van der Waals surface area contributed by atoms with Crippen LogP contribution in [0.5, 0.6) is 0 Å². The van der Waals surface area contributed by atoms with Crippen LogP contribution in [0.1, 0.15) is 20.8 Å². The van der Waals surface area contributed by atoms with E-state index < -0.39 is 4.92 Å². The van der Waals surface area contributed by atoms with Crippen molar-refractivity contribution in [3.63, 3.8) is 0 Å². The van der Waals surface area contributed by atoms with E-state index in [-0.39, 0.29) is 16.1 Å². The zero-order valence-corrected chi connectivity index (χ0v) is 9.80. The quantitative estimate of drug-likeness (QED) is 0.364. The predicted octanol–water partition coefficient (Wildman–Crippen LogP) is 3.07. The van der Waals surface area contributed by atoms with Gasteiger partial charge < -0.3 is 5.73 Å². The van der Waals surface area contributed by atoms with Crippen molar-refractivity contribution < 1.29 is 4.92 Å². The van der Waals surface area contributed by atoms with Crippen molar-refractivity contribution in [3.05, 3.63) is 28.3 Å². The average Bonchev–Trinajstić information content (AvgIpc) is 1.99. The standard InChI is InChI=1S/C10H14N2O2S/c1-10(2,3)15-8-6-4-5-7(11)9(8)12(13)14/h4-6H,11H2,1-3H3. The summed E-state index contributed by atoms with van der Waals surface area (Å²) in [6.07, 6.45) is 0. The van der Waals surface area contributed by atoms with Crippen molar-refractivity contribution in [3.8, 4) is 0 Å². The van der Waals surface area contributed by atoms with E-state index in [0.717, 1.165) is 0 Å². The molecule has 0 atom stereocenters. The molecule has 0 saturated carbocycles. The van der Waals surface area contributed by atoms with E-state index in [4.69, 9.17) is 5.73 Å². The van der Waals surface area contributed by atoms with E-state index >= 15 is 0 Å². The van der Waals surface area contributed by atoms with Crippen LogP contribution in [-0.4, -0.2) is 9.67 Å². The third kappa shape index (κ3) is 3.13. The molecule has 0 radical (unpaired) electrons. The highest BCUT2D eigenvalue weighted by Gasteiger charge is 2.22. The van der Waals surface area contributed by atoms with Crippen molar-refractivity contribution >= 4 is 23.1 Å². The number of nitrogens with zero attached hydrogens (tertiary/aromatic N) is 1. The van der Waals surface area contributed by atoms with Gasteiger partial charge in [-0.15, -0.1) is 11.8 Å². The van der Waals surface area contributed by atoms with Gasteiger partial charge in [0.15, 0.2) is 0 Å². The minimum absolute atomic E-state index is 0.0115. The number of hydrogen-bond acceptors (Lipinski definition) is 4. The molecule has 2 N–H and O–H groups in total. The summed E-state index contributed by atoms with van der Waals surface area (Å²) in [6.45, 7) is 6.01. The molecule has 0 amide bonds. The molecule has 5 heteroatoms. The molecule has 0 bridgehead atoms. The van der Waals surface area contributed by atoms with Crippen LogP contribution in [0.25, 0.3) is 0 Å². The lowest BCUT2D eigenvalue weighted by atomic mass is 10.2. The highest BCUT2D eigenvalue weighted by atomic mass is 32.2. The van der Waals surface area contributed by atoms with E-state index in [1.54, 1.807) is 18.2 Å². The molecule has 4 nitrogen and oxygen atoms in total. The Labute approximate surface area is 93.0 Å². The number of para-hydroxylation sites is 1. The monoisotopic (exact) mass is 226 g/mol. The topological polar surface area (TPSA) is 69.2 Å². The Kier molecular flexibility index (Phi) is 3.24. The van der Waals surface area contributed by atoms with Gasteiger partial charge in [0, 0.05) is 4.75 Å². The smallest absolute Gasteiger partial charge is 0.305 e. The van der Waals surface area contributed by atoms with Crippen LogP contribution < -0.4 is 5.73 Å². The van der Waals surface area contributed by atoms with Crippen molar-refractivity contribution in [2.45, 2.75) is 30.4 Å². The molecule has 1 aromatic carbocycles. The van der Waals surface area contributed by atoms with Crippen molar-refractivity contribution in [2.75, 3.05) is 5.73 Å². The lowest BCUT2D eigenvalue weighted by molar-refractivity contribution is -0.386. The van der Waals surface area contributed by atoms with Gasteiger partial charge in [0.2, 0.25) is 0 Å². The van der Waals surface area contributed by atoms with Crippen LogP contribution in [0.3, 0.4) is 0 Å². The number of nitro benzene ring substituents is 1. The number of benzene rings is 1. The number of anilines is 1. The van der Waals surface area contributed by atoms with E-state index in [2.05, 4.69) is 0 Å². The van der Waals surface area contributed by atoms with Gasteiger partial charge in [-0.3, -0.25) is 10.1 Å². The van der Waals surface area contributed by atoms with Gasteiger partial charge in [0.25, 0.3) is 0 Å². The molecule has 82 valence electrons. The molecule has 0 aliphatic heterocycles. The molecule has 0 aliphatic rings. The number of rotatable bonds is 2. The lowest BCUT2D eigenvalue weighted by Gasteiger charge is -2.17. The zero-order valence-electron chi connectivity index (χ0n) is 8.98. The third-order valence-electron chi connectivity index (χ3n) is 1.63. The molecule has 0 spiro atoms. The molecule has 1 rings (SSSR count). The van der Waals surface area contributed by atoms with Crippen LogP contribution in [0.15, 0.2) is 23.1 Å². The number of nitro groups is 1. The lowest BCUT2D eigenvalue weighted by Crippen LogP contribution is -2.08. The summed E-state index contributed by atoms with van der Waals surface area (Å²) in [7, 11) is 0. The highest BCUT2D eigenvalue weighted by molar-refractivity contribution is 8.00. The molecule has 0 saturated heterocycles. The van der Waals surface area contributed by atoms with E-state index in [9.17, 15) is 10.1 Å². The normalized spacial score (nSPS) is 11.4. The molecule has 0 aliphatic carbocycles. The first-order valence-corrected chi connectivity index (χ1v) is 5.35. The minimum atomic E-state index is -0.427. The SMILES string of the molecule is CC(C)(C)Sc1cccc(N)c1[N+](=O)[O-]. The Morgan fingerprint density at radius 3 is 2.47 bits per heavy atom. The number of thioether (sulfide) groups is 1. The molecule has 15 heavy (non-hydrogen) atoms. The maximum absolute atomic E-state index is 10.8. The number of hydrogen-bond donors (Lipinski definition) is 1. The fourth-order valence-corrected chi connectivity index (χ4v) is 2.24. The fraction of sp³-hybridized carbons (Fsp3) is 0.400. The predicted molar refractivity (Wildman–Crippen MR) is 63.1 cm³/mol. The highest BCUT2D eigenvalue weighted by Crippen LogP contribution is 2.40. The Morgan fingerprint density at radius 2 is 2.00 bits per heavy atom. The largest absolute Gasteiger partial charge is 0.393 e. The van der Waals surface area contributed by atoms with Crippen molar-refractivity contribution in [1.29, 1.82) is 0 Å². The molecule has 0 unspecified atom stereocenters. The molecule has 0 fully saturated rings. The van der Waals surface area contributed by atoms with Gasteiger partial charge >= 0.3 is 5.69 Å². The second-order valence-corrected chi connectivity index (χ2v) is 6.03. The first-order chi connectivity index (χ1) is 6.81. The van der Waals surface area contributed by atoms with Crippen molar-refractivity contribution in [2.24, 2.45) is 0 Å². The Hall–Kier alpha value is -1.23. The molecular formula is C10H14N2O2S. The van der Waals surface area contributed by atoms with Gasteiger partial charge in [0.1, 0.15) is 5.69 Å². The Bertz CT molecular complexity index is 385. The molecule has 0 heterocycles. The van der Waals surface area contributed by atoms with Gasteiger partial charge in [-0.05, 0) is 12.1 Å².